The molecule has 0 radical (unpaired) electrons. The Labute approximate surface area is 150 Å². The van der Waals surface area contributed by atoms with Crippen molar-refractivity contribution in [2.45, 2.75) is 6.04 Å². The summed E-state index contributed by atoms with van der Waals surface area (Å²) in [5, 5.41) is 11.2. The molecule has 6 nitrogen and oxygen atoms in total. The number of primary amides is 1. The first kappa shape index (κ1) is 15.8. The van der Waals surface area contributed by atoms with Crippen molar-refractivity contribution in [3.63, 3.8) is 0 Å². The molecule has 0 aliphatic rings. The quantitative estimate of drug-likeness (QED) is 0.518. The summed E-state index contributed by atoms with van der Waals surface area (Å²) in [6.45, 7) is 0. The van der Waals surface area contributed by atoms with Crippen molar-refractivity contribution in [1.82, 2.24) is 15.2 Å². The van der Waals surface area contributed by atoms with Gasteiger partial charge in [-0.2, -0.15) is 5.10 Å². The molecule has 2 aromatic heterocycles. The maximum Gasteiger partial charge on any atom is 0.244 e. The van der Waals surface area contributed by atoms with Crippen LogP contribution >= 0.6 is 0 Å². The summed E-state index contributed by atoms with van der Waals surface area (Å²) in [7, 11) is 0. The first-order chi connectivity index (χ1) is 12.7. The molecule has 2 aromatic carbocycles. The van der Waals surface area contributed by atoms with E-state index in [0.717, 1.165) is 33.3 Å². The number of fused-ring (bicyclic) bond motifs is 1. The zero-order valence-electron chi connectivity index (χ0n) is 13.9. The van der Waals surface area contributed by atoms with Crippen LogP contribution in [0.4, 0.5) is 5.69 Å². The molecule has 0 spiro atoms. The van der Waals surface area contributed by atoms with Crippen LogP contribution in [-0.4, -0.2) is 21.1 Å². The number of H-pyrrole nitrogens is 1. The first-order valence-electron chi connectivity index (χ1n) is 8.20. The Balaban J connectivity index is 1.65. The SMILES string of the molecule is NC(=O)[C@H](Nc1cncc(-c2ccc3[nH]ncc3c2)c1)c1ccccc1. The molecule has 0 saturated carbocycles. The van der Waals surface area contributed by atoms with Crippen LogP contribution in [0.5, 0.6) is 0 Å². The van der Waals surface area contributed by atoms with Gasteiger partial charge in [-0.15, -0.1) is 0 Å². The summed E-state index contributed by atoms with van der Waals surface area (Å²) in [6, 6.07) is 16.7. The van der Waals surface area contributed by atoms with Crippen molar-refractivity contribution >= 4 is 22.5 Å². The van der Waals surface area contributed by atoms with E-state index in [-0.39, 0.29) is 0 Å². The van der Waals surface area contributed by atoms with E-state index in [0.29, 0.717) is 0 Å². The summed E-state index contributed by atoms with van der Waals surface area (Å²) in [4.78, 5) is 16.2. The highest BCUT2D eigenvalue weighted by Gasteiger charge is 2.17. The van der Waals surface area contributed by atoms with Crippen molar-refractivity contribution < 1.29 is 4.79 Å². The van der Waals surface area contributed by atoms with E-state index in [9.17, 15) is 4.79 Å². The van der Waals surface area contributed by atoms with Gasteiger partial charge in [0.15, 0.2) is 0 Å². The third-order valence-electron chi connectivity index (χ3n) is 4.24. The van der Waals surface area contributed by atoms with Crippen LogP contribution in [0.3, 0.4) is 0 Å². The van der Waals surface area contributed by atoms with Crippen LogP contribution in [0.25, 0.3) is 22.0 Å². The molecule has 0 aliphatic heterocycles. The van der Waals surface area contributed by atoms with Crippen LogP contribution < -0.4 is 11.1 Å². The lowest BCUT2D eigenvalue weighted by Gasteiger charge is -2.17. The van der Waals surface area contributed by atoms with E-state index in [1.165, 1.54) is 0 Å². The Bertz CT molecular complexity index is 1060. The lowest BCUT2D eigenvalue weighted by atomic mass is 10.0. The molecule has 26 heavy (non-hydrogen) atoms. The van der Waals surface area contributed by atoms with Crippen LogP contribution in [0.2, 0.25) is 0 Å². The molecular weight excluding hydrogens is 326 g/mol. The van der Waals surface area contributed by atoms with Gasteiger partial charge < -0.3 is 11.1 Å². The number of amides is 1. The van der Waals surface area contributed by atoms with E-state index in [2.05, 4.69) is 20.5 Å². The Hall–Kier alpha value is -3.67. The molecular formula is C20H17N5O. The second-order valence-corrected chi connectivity index (χ2v) is 6.02. The number of hydrogen-bond acceptors (Lipinski definition) is 4. The first-order valence-corrected chi connectivity index (χ1v) is 8.20. The molecule has 4 aromatic rings. The fraction of sp³-hybridized carbons (Fsp3) is 0.0500. The molecule has 4 rings (SSSR count). The predicted molar refractivity (Wildman–Crippen MR) is 101 cm³/mol. The van der Waals surface area contributed by atoms with Gasteiger partial charge in [0.25, 0.3) is 0 Å². The highest BCUT2D eigenvalue weighted by atomic mass is 16.1. The molecule has 0 unspecified atom stereocenters. The Kier molecular flexibility index (Phi) is 4.07. The lowest BCUT2D eigenvalue weighted by molar-refractivity contribution is -0.118. The molecule has 0 aliphatic carbocycles. The molecule has 2 heterocycles. The fourth-order valence-corrected chi connectivity index (χ4v) is 2.93. The van der Waals surface area contributed by atoms with Crippen LogP contribution in [-0.2, 0) is 4.79 Å². The number of nitrogens with one attached hydrogen (secondary N) is 2. The average Bonchev–Trinajstić information content (AvgIpc) is 3.14. The van der Waals surface area contributed by atoms with Crippen molar-refractivity contribution in [1.29, 1.82) is 0 Å². The third kappa shape index (κ3) is 3.12. The number of carbonyl (C=O) groups is 1. The number of benzene rings is 2. The Morgan fingerprint density at radius 1 is 1.00 bits per heavy atom. The fourth-order valence-electron chi connectivity index (χ4n) is 2.93. The standard InChI is InChI=1S/C20H17N5O/c21-20(26)19(13-4-2-1-3-5-13)24-17-9-15(10-22-12-17)14-6-7-18-16(8-14)11-23-25-18/h1-12,19,24H,(H2,21,26)(H,23,25)/t19-/m1/s1. The molecule has 1 amide bonds. The van der Waals surface area contributed by atoms with E-state index in [1.54, 1.807) is 18.6 Å². The second-order valence-electron chi connectivity index (χ2n) is 6.02. The summed E-state index contributed by atoms with van der Waals surface area (Å²) in [6.07, 6.45) is 5.25. The number of carbonyl (C=O) groups excluding carboxylic acids is 1. The molecule has 4 N–H and O–H groups in total. The molecule has 6 heteroatoms. The number of aromatic nitrogens is 3. The zero-order valence-corrected chi connectivity index (χ0v) is 13.9. The number of hydrogen-bond donors (Lipinski definition) is 3. The number of anilines is 1. The zero-order chi connectivity index (χ0) is 17.9. The Morgan fingerprint density at radius 3 is 2.65 bits per heavy atom. The molecule has 0 bridgehead atoms. The van der Waals surface area contributed by atoms with Gasteiger partial charge in [-0.05, 0) is 29.3 Å². The third-order valence-corrected chi connectivity index (χ3v) is 4.24. The van der Waals surface area contributed by atoms with Gasteiger partial charge >= 0.3 is 0 Å². The topological polar surface area (TPSA) is 96.7 Å². The highest BCUT2D eigenvalue weighted by Crippen LogP contribution is 2.26. The predicted octanol–water partition coefficient (Wildman–Crippen LogP) is 3.26. The number of rotatable bonds is 5. The Morgan fingerprint density at radius 2 is 1.85 bits per heavy atom. The summed E-state index contributed by atoms with van der Waals surface area (Å²) < 4.78 is 0. The number of nitrogens with zero attached hydrogens (tertiary/aromatic N) is 2. The average molecular weight is 343 g/mol. The van der Waals surface area contributed by atoms with Crippen LogP contribution in [0.1, 0.15) is 11.6 Å². The van der Waals surface area contributed by atoms with Crippen molar-refractivity contribution in [3.8, 4) is 11.1 Å². The minimum absolute atomic E-state index is 0.443. The summed E-state index contributed by atoms with van der Waals surface area (Å²) >= 11 is 0. The van der Waals surface area contributed by atoms with E-state index in [1.807, 2.05) is 54.6 Å². The lowest BCUT2D eigenvalue weighted by Crippen LogP contribution is -2.27. The smallest absolute Gasteiger partial charge is 0.244 e. The van der Waals surface area contributed by atoms with Crippen molar-refractivity contribution in [2.24, 2.45) is 5.73 Å². The van der Waals surface area contributed by atoms with E-state index < -0.39 is 11.9 Å². The maximum atomic E-state index is 11.9. The van der Waals surface area contributed by atoms with E-state index >= 15 is 0 Å². The van der Waals surface area contributed by atoms with Gasteiger partial charge in [-0.3, -0.25) is 14.9 Å². The van der Waals surface area contributed by atoms with Gasteiger partial charge in [0, 0.05) is 17.1 Å². The number of aromatic amines is 1. The molecule has 128 valence electrons. The highest BCUT2D eigenvalue weighted by molar-refractivity contribution is 5.86. The van der Waals surface area contributed by atoms with Crippen molar-refractivity contribution in [2.75, 3.05) is 5.32 Å². The van der Waals surface area contributed by atoms with Gasteiger partial charge in [-0.25, -0.2) is 0 Å². The normalized spacial score (nSPS) is 12.0. The summed E-state index contributed by atoms with van der Waals surface area (Å²) in [5.41, 5.74) is 10.1. The minimum atomic E-state index is -0.621. The van der Waals surface area contributed by atoms with Gasteiger partial charge in [0.1, 0.15) is 6.04 Å². The van der Waals surface area contributed by atoms with Crippen LogP contribution in [0.15, 0.2) is 73.2 Å². The van der Waals surface area contributed by atoms with Gasteiger partial charge in [0.2, 0.25) is 5.91 Å². The van der Waals surface area contributed by atoms with Gasteiger partial charge in [0.05, 0.1) is 23.6 Å². The second kappa shape index (κ2) is 6.68. The van der Waals surface area contributed by atoms with E-state index in [4.69, 9.17) is 5.73 Å². The van der Waals surface area contributed by atoms with Gasteiger partial charge in [-0.1, -0.05) is 36.4 Å². The molecule has 0 fully saturated rings. The van der Waals surface area contributed by atoms with Crippen molar-refractivity contribution in [3.05, 3.63) is 78.8 Å². The maximum absolute atomic E-state index is 11.9. The number of pyridine rings is 1. The van der Waals surface area contributed by atoms with Crippen LogP contribution in [0, 0.1) is 0 Å². The molecule has 1 atom stereocenters. The summed E-state index contributed by atoms with van der Waals surface area (Å²) in [5.74, 6) is -0.443. The molecule has 0 saturated heterocycles. The number of nitrogens with two attached hydrogens (primary N) is 1. The minimum Gasteiger partial charge on any atom is -0.369 e. The largest absolute Gasteiger partial charge is 0.369 e. The monoisotopic (exact) mass is 343 g/mol.